The van der Waals surface area contributed by atoms with Crippen molar-refractivity contribution in [1.29, 1.82) is 0 Å². The van der Waals surface area contributed by atoms with Gasteiger partial charge in [-0.25, -0.2) is 0 Å². The Morgan fingerprint density at radius 2 is 1.88 bits per heavy atom. The Bertz CT molecular complexity index is 475. The highest BCUT2D eigenvalue weighted by molar-refractivity contribution is 6.62. The normalized spacial score (nSPS) is 26.0. The second-order valence-electron chi connectivity index (χ2n) is 4.96. The number of rotatable bonds is 1. The van der Waals surface area contributed by atoms with Crippen molar-refractivity contribution in [2.45, 2.75) is 45.7 Å². The molecule has 2 heterocycles. The zero-order valence-corrected chi connectivity index (χ0v) is 9.94. The van der Waals surface area contributed by atoms with Crippen LogP contribution in [0.1, 0.15) is 37.5 Å². The molecule has 1 aromatic heterocycles. The van der Waals surface area contributed by atoms with E-state index < -0.39 is 25.2 Å². The van der Waals surface area contributed by atoms with Crippen LogP contribution < -0.4 is 5.46 Å². The highest BCUT2D eigenvalue weighted by Crippen LogP contribution is 2.36. The van der Waals surface area contributed by atoms with E-state index in [0.717, 1.165) is 0 Å². The maximum absolute atomic E-state index is 7.35. The molecule has 0 unspecified atom stereocenters. The maximum atomic E-state index is 7.35. The molecule has 16 heavy (non-hydrogen) atoms. The van der Waals surface area contributed by atoms with Gasteiger partial charge in [-0.15, -0.1) is 0 Å². The van der Waals surface area contributed by atoms with Crippen LogP contribution in [0.25, 0.3) is 0 Å². The van der Waals surface area contributed by atoms with Gasteiger partial charge in [0.2, 0.25) is 0 Å². The van der Waals surface area contributed by atoms with Crippen LogP contribution in [0.15, 0.2) is 12.3 Å². The zero-order chi connectivity index (χ0) is 14.5. The molecule has 1 saturated heterocycles. The summed E-state index contributed by atoms with van der Waals surface area (Å²) < 4.78 is 33.7. The third-order valence-corrected chi connectivity index (χ3v) is 3.20. The second-order valence-corrected chi connectivity index (χ2v) is 4.96. The van der Waals surface area contributed by atoms with Gasteiger partial charge in [-0.3, -0.25) is 0 Å². The fraction of sp³-hybridized carbons (Fsp3) is 0.636. The monoisotopic (exact) mass is 223 g/mol. The van der Waals surface area contributed by atoms with Crippen molar-refractivity contribution in [2.75, 3.05) is 0 Å². The Morgan fingerprint density at radius 1 is 1.25 bits per heavy atom. The van der Waals surface area contributed by atoms with Gasteiger partial charge in [0.25, 0.3) is 0 Å². The smallest absolute Gasteiger partial charge is 0.399 e. The largest absolute Gasteiger partial charge is 0.496 e. The minimum atomic E-state index is -2.29. The van der Waals surface area contributed by atoms with Crippen LogP contribution in [-0.4, -0.2) is 28.5 Å². The maximum Gasteiger partial charge on any atom is 0.496 e. The third kappa shape index (κ3) is 1.85. The van der Waals surface area contributed by atoms with Crippen LogP contribution in [0.4, 0.5) is 0 Å². The molecule has 0 aliphatic carbocycles. The highest BCUT2D eigenvalue weighted by Gasteiger charge is 2.51. The van der Waals surface area contributed by atoms with E-state index in [1.807, 2.05) is 27.7 Å². The van der Waals surface area contributed by atoms with Gasteiger partial charge in [0.1, 0.15) is 0 Å². The molecular formula is C11H17BN2O2. The lowest BCUT2D eigenvalue weighted by atomic mass is 9.80. The summed E-state index contributed by atoms with van der Waals surface area (Å²) in [5.41, 5.74) is -0.429. The first-order chi connectivity index (χ1) is 8.53. The van der Waals surface area contributed by atoms with Crippen molar-refractivity contribution in [3.05, 3.63) is 18.0 Å². The Hall–Kier alpha value is -0.935. The third-order valence-electron chi connectivity index (χ3n) is 3.20. The van der Waals surface area contributed by atoms with Crippen molar-refractivity contribution >= 4 is 12.6 Å². The van der Waals surface area contributed by atoms with Crippen LogP contribution in [0.2, 0.25) is 0 Å². The molecule has 2 rings (SSSR count). The van der Waals surface area contributed by atoms with E-state index in [9.17, 15) is 0 Å². The van der Waals surface area contributed by atoms with Crippen LogP contribution >= 0.6 is 0 Å². The zero-order valence-electron chi connectivity index (χ0n) is 12.9. The van der Waals surface area contributed by atoms with Crippen LogP contribution in [0.3, 0.4) is 0 Å². The number of hydrogen-bond donors (Lipinski definition) is 0. The Kier molecular flexibility index (Phi) is 1.81. The minimum absolute atomic E-state index is 0.0558. The minimum Gasteiger partial charge on any atom is -0.399 e. The van der Waals surface area contributed by atoms with Gasteiger partial charge in [-0.1, -0.05) is 0 Å². The molecule has 1 aromatic rings. The van der Waals surface area contributed by atoms with E-state index in [2.05, 4.69) is 10.2 Å². The molecule has 0 spiro atoms. The predicted octanol–water partition coefficient (Wildman–Crippen LogP) is 1.08. The lowest BCUT2D eigenvalue weighted by Gasteiger charge is -2.32. The number of nitrogens with zero attached hydrogens (tertiary/aromatic N) is 2. The summed E-state index contributed by atoms with van der Waals surface area (Å²) >= 11 is 0. The molecule has 4 nitrogen and oxygen atoms in total. The molecule has 0 saturated carbocycles. The quantitative estimate of drug-likeness (QED) is 0.668. The number of hydrogen-bond acceptors (Lipinski definition) is 4. The summed E-state index contributed by atoms with van der Waals surface area (Å²) in [5, 5.41) is 7.35. The fourth-order valence-corrected chi connectivity index (χ4v) is 1.49. The fourth-order valence-electron chi connectivity index (χ4n) is 1.49. The first-order valence-electron chi connectivity index (χ1n) is 6.72. The lowest BCUT2D eigenvalue weighted by Crippen LogP contribution is -2.41. The van der Waals surface area contributed by atoms with Crippen molar-refractivity contribution < 1.29 is 13.4 Å². The second kappa shape index (κ2) is 3.53. The van der Waals surface area contributed by atoms with Crippen LogP contribution in [0, 0.1) is 6.85 Å². The van der Waals surface area contributed by atoms with Gasteiger partial charge in [-0.05, 0) is 40.6 Å². The Balaban J connectivity index is 2.30. The summed E-state index contributed by atoms with van der Waals surface area (Å²) in [7, 11) is -0.624. The van der Waals surface area contributed by atoms with Crippen molar-refractivity contribution in [2.24, 2.45) is 0 Å². The Labute approximate surface area is 101 Å². The molecule has 0 bridgehead atoms. The van der Waals surface area contributed by atoms with E-state index in [0.29, 0.717) is 5.46 Å². The van der Waals surface area contributed by atoms with Crippen molar-refractivity contribution in [1.82, 2.24) is 10.2 Å². The van der Waals surface area contributed by atoms with Gasteiger partial charge in [0.05, 0.1) is 16.9 Å². The standard InChI is InChI=1S/C11H17BN2O2/c1-8-6-9(7-13-14-8)12-15-10(2,3)11(4,5)16-12/h6-7H,1-5H3/i1D3. The van der Waals surface area contributed by atoms with E-state index in [1.54, 1.807) is 0 Å². The summed E-state index contributed by atoms with van der Waals surface area (Å²) in [5.74, 6) is 0. The number of aryl methyl sites for hydroxylation is 1. The number of aromatic nitrogens is 2. The van der Waals surface area contributed by atoms with Gasteiger partial charge >= 0.3 is 7.12 Å². The summed E-state index contributed by atoms with van der Waals surface area (Å²) in [6.45, 7) is 5.46. The first kappa shape index (κ1) is 8.20. The molecule has 0 aromatic carbocycles. The van der Waals surface area contributed by atoms with Crippen LogP contribution in [0.5, 0.6) is 0 Å². The summed E-state index contributed by atoms with van der Waals surface area (Å²) in [6, 6.07) is 1.46. The van der Waals surface area contributed by atoms with Crippen molar-refractivity contribution in [3.63, 3.8) is 0 Å². The summed E-state index contributed by atoms with van der Waals surface area (Å²) in [6.07, 6.45) is 1.47. The van der Waals surface area contributed by atoms with Gasteiger partial charge in [0.15, 0.2) is 0 Å². The highest BCUT2D eigenvalue weighted by atomic mass is 16.7. The van der Waals surface area contributed by atoms with Gasteiger partial charge in [0, 0.05) is 15.8 Å². The van der Waals surface area contributed by atoms with E-state index >= 15 is 0 Å². The van der Waals surface area contributed by atoms with E-state index in [4.69, 9.17) is 13.4 Å². The molecule has 0 N–H and O–H groups in total. The average Bonchev–Trinajstić information content (AvgIpc) is 2.47. The van der Waals surface area contributed by atoms with Gasteiger partial charge < -0.3 is 9.31 Å². The molecular weight excluding hydrogens is 203 g/mol. The average molecular weight is 223 g/mol. The SMILES string of the molecule is [2H]C([2H])([2H])c1cc(B2OC(C)(C)C(C)(C)O2)cnn1. The molecule has 86 valence electrons. The predicted molar refractivity (Wildman–Crippen MR) is 62.5 cm³/mol. The van der Waals surface area contributed by atoms with Gasteiger partial charge in [-0.2, -0.15) is 10.2 Å². The Morgan fingerprint density at radius 3 is 2.44 bits per heavy atom. The molecule has 0 amide bonds. The van der Waals surface area contributed by atoms with E-state index in [1.165, 1.54) is 12.3 Å². The molecule has 1 aliphatic rings. The summed E-state index contributed by atoms with van der Waals surface area (Å²) in [4.78, 5) is 0. The molecule has 0 atom stereocenters. The van der Waals surface area contributed by atoms with Crippen LogP contribution in [-0.2, 0) is 9.31 Å². The molecule has 1 aliphatic heterocycles. The topological polar surface area (TPSA) is 44.2 Å². The molecule has 5 heteroatoms. The molecule has 0 radical (unpaired) electrons. The van der Waals surface area contributed by atoms with Crippen molar-refractivity contribution in [3.8, 4) is 0 Å². The van der Waals surface area contributed by atoms with E-state index in [-0.39, 0.29) is 5.69 Å². The lowest BCUT2D eigenvalue weighted by molar-refractivity contribution is 0.00578. The molecule has 1 fully saturated rings. The first-order valence-corrected chi connectivity index (χ1v) is 5.22.